The van der Waals surface area contributed by atoms with Crippen molar-refractivity contribution in [2.75, 3.05) is 52.7 Å². The minimum absolute atomic E-state index is 0.194. The van der Waals surface area contributed by atoms with E-state index in [1.54, 1.807) is 0 Å². The van der Waals surface area contributed by atoms with Crippen LogP contribution in [-0.4, -0.2) is 52.7 Å². The fourth-order valence-corrected chi connectivity index (χ4v) is 0.727. The molecule has 0 rings (SSSR count). The van der Waals surface area contributed by atoms with E-state index in [0.29, 0.717) is 46.2 Å². The molecule has 0 amide bonds. The molecule has 0 saturated heterocycles. The predicted molar refractivity (Wildman–Crippen MR) is 52.2 cm³/mol. The van der Waals surface area contributed by atoms with Crippen LogP contribution >= 0.6 is 0 Å². The van der Waals surface area contributed by atoms with Gasteiger partial charge in [-0.3, -0.25) is 0 Å². The van der Waals surface area contributed by atoms with Crippen LogP contribution < -0.4 is 5.73 Å². The molecule has 0 radical (unpaired) electrons. The zero-order chi connectivity index (χ0) is 10.5. The summed E-state index contributed by atoms with van der Waals surface area (Å²) < 4.78 is 15.3. The number of nitrogens with two attached hydrogens (primary N) is 1. The lowest BCUT2D eigenvalue weighted by Crippen LogP contribution is -2.13. The van der Waals surface area contributed by atoms with E-state index in [2.05, 4.69) is 5.18 Å². The molecule has 0 atom stereocenters. The fourth-order valence-electron chi connectivity index (χ4n) is 0.727. The van der Waals surface area contributed by atoms with Crippen LogP contribution in [0.25, 0.3) is 0 Å². The van der Waals surface area contributed by atoms with E-state index < -0.39 is 0 Å². The molecular formula is C8H18N2O4. The minimum atomic E-state index is 0.194. The first-order valence-corrected chi connectivity index (χ1v) is 4.64. The Morgan fingerprint density at radius 3 is 1.86 bits per heavy atom. The highest BCUT2D eigenvalue weighted by Gasteiger charge is 1.90. The van der Waals surface area contributed by atoms with Gasteiger partial charge < -0.3 is 19.9 Å². The van der Waals surface area contributed by atoms with Gasteiger partial charge in [-0.15, -0.1) is 0 Å². The van der Waals surface area contributed by atoms with Crippen molar-refractivity contribution in [2.45, 2.75) is 0 Å². The normalized spacial score (nSPS) is 10.4. The molecule has 84 valence electrons. The Labute approximate surface area is 83.7 Å². The highest BCUT2D eigenvalue weighted by Crippen LogP contribution is 1.81. The number of rotatable bonds is 11. The van der Waals surface area contributed by atoms with E-state index in [-0.39, 0.29) is 6.54 Å². The second kappa shape index (κ2) is 12.4. The molecular weight excluding hydrogens is 188 g/mol. The number of nitroso groups, excluding NO2 is 1. The van der Waals surface area contributed by atoms with Gasteiger partial charge in [-0.05, 0) is 0 Å². The summed E-state index contributed by atoms with van der Waals surface area (Å²) in [7, 11) is 0. The van der Waals surface area contributed by atoms with Gasteiger partial charge in [-0.1, -0.05) is 5.18 Å². The van der Waals surface area contributed by atoms with E-state index >= 15 is 0 Å². The van der Waals surface area contributed by atoms with Crippen molar-refractivity contribution in [3.8, 4) is 0 Å². The first-order chi connectivity index (χ1) is 6.91. The third-order valence-electron chi connectivity index (χ3n) is 1.33. The van der Waals surface area contributed by atoms with Gasteiger partial charge in [0.1, 0.15) is 6.54 Å². The highest BCUT2D eigenvalue weighted by atomic mass is 16.5. The van der Waals surface area contributed by atoms with Crippen LogP contribution in [0.2, 0.25) is 0 Å². The molecule has 0 aromatic carbocycles. The van der Waals surface area contributed by atoms with Crippen molar-refractivity contribution in [1.29, 1.82) is 0 Å². The largest absolute Gasteiger partial charge is 0.378 e. The maximum Gasteiger partial charge on any atom is 0.104 e. The van der Waals surface area contributed by atoms with Gasteiger partial charge >= 0.3 is 0 Å². The summed E-state index contributed by atoms with van der Waals surface area (Å²) in [4.78, 5) is 9.65. The molecule has 0 aliphatic heterocycles. The molecule has 0 aliphatic rings. The van der Waals surface area contributed by atoms with E-state index in [1.165, 1.54) is 0 Å². The Kier molecular flexibility index (Phi) is 11.9. The number of nitrogens with zero attached hydrogens (tertiary/aromatic N) is 1. The van der Waals surface area contributed by atoms with Crippen LogP contribution in [-0.2, 0) is 14.2 Å². The third kappa shape index (κ3) is 11.4. The molecule has 2 N–H and O–H groups in total. The smallest absolute Gasteiger partial charge is 0.104 e. The molecule has 0 aliphatic carbocycles. The van der Waals surface area contributed by atoms with Gasteiger partial charge in [0.25, 0.3) is 0 Å². The van der Waals surface area contributed by atoms with Gasteiger partial charge in [-0.25, -0.2) is 0 Å². The summed E-state index contributed by atoms with van der Waals surface area (Å²) >= 11 is 0. The lowest BCUT2D eigenvalue weighted by atomic mass is 10.7. The number of hydrogen-bond acceptors (Lipinski definition) is 6. The molecule has 14 heavy (non-hydrogen) atoms. The van der Waals surface area contributed by atoms with Crippen LogP contribution in [0.5, 0.6) is 0 Å². The summed E-state index contributed by atoms with van der Waals surface area (Å²) in [6, 6.07) is 0. The summed E-state index contributed by atoms with van der Waals surface area (Å²) in [5.41, 5.74) is 5.22. The van der Waals surface area contributed by atoms with Crippen molar-refractivity contribution < 1.29 is 14.2 Å². The minimum Gasteiger partial charge on any atom is -0.378 e. The fraction of sp³-hybridized carbons (Fsp3) is 1.00. The maximum atomic E-state index is 9.65. The van der Waals surface area contributed by atoms with E-state index in [1.807, 2.05) is 0 Å². The van der Waals surface area contributed by atoms with Crippen LogP contribution in [0.1, 0.15) is 0 Å². The predicted octanol–water partition coefficient (Wildman–Crippen LogP) is -0.239. The number of hydrogen-bond donors (Lipinski definition) is 1. The first-order valence-electron chi connectivity index (χ1n) is 4.64. The zero-order valence-corrected chi connectivity index (χ0v) is 8.31. The maximum absolute atomic E-state index is 9.65. The Balaban J connectivity index is 2.81. The Morgan fingerprint density at radius 1 is 0.857 bits per heavy atom. The molecule has 0 fully saturated rings. The SMILES string of the molecule is NCCOCCOCCOCCN=O. The summed E-state index contributed by atoms with van der Waals surface area (Å²) in [5, 5.41) is 2.66. The van der Waals surface area contributed by atoms with Gasteiger partial charge in [-0.2, -0.15) is 4.91 Å². The van der Waals surface area contributed by atoms with Gasteiger partial charge in [0.05, 0.1) is 39.6 Å². The first kappa shape index (κ1) is 13.4. The standard InChI is InChI=1S/C8H18N2O4/c9-1-3-12-5-7-14-8-6-13-4-2-10-11/h1-9H2. The van der Waals surface area contributed by atoms with Crippen molar-refractivity contribution >= 4 is 0 Å². The molecule has 0 spiro atoms. The third-order valence-corrected chi connectivity index (χ3v) is 1.33. The Hall–Kier alpha value is -0.560. The molecule has 0 saturated carbocycles. The average Bonchev–Trinajstić information content (AvgIpc) is 2.21. The second-order valence-corrected chi connectivity index (χ2v) is 2.48. The number of ether oxygens (including phenoxy) is 3. The lowest BCUT2D eigenvalue weighted by Gasteiger charge is -2.04. The molecule has 6 nitrogen and oxygen atoms in total. The van der Waals surface area contributed by atoms with Crippen LogP contribution in [0, 0.1) is 4.91 Å². The summed E-state index contributed by atoms with van der Waals surface area (Å²) in [6.45, 7) is 3.71. The molecule has 0 bridgehead atoms. The van der Waals surface area contributed by atoms with E-state index in [4.69, 9.17) is 19.9 Å². The molecule has 6 heteroatoms. The van der Waals surface area contributed by atoms with Crippen molar-refractivity contribution in [1.82, 2.24) is 0 Å². The van der Waals surface area contributed by atoms with Crippen molar-refractivity contribution in [2.24, 2.45) is 10.9 Å². The van der Waals surface area contributed by atoms with Crippen LogP contribution in [0.3, 0.4) is 0 Å². The summed E-state index contributed by atoms with van der Waals surface area (Å²) in [6.07, 6.45) is 0. The highest BCUT2D eigenvalue weighted by molar-refractivity contribution is 4.38. The topological polar surface area (TPSA) is 83.1 Å². The average molecular weight is 206 g/mol. The van der Waals surface area contributed by atoms with Crippen LogP contribution in [0.15, 0.2) is 5.18 Å². The van der Waals surface area contributed by atoms with Crippen molar-refractivity contribution in [3.63, 3.8) is 0 Å². The lowest BCUT2D eigenvalue weighted by molar-refractivity contribution is 0.0175. The Bertz CT molecular complexity index is 124. The molecule has 0 unspecified atom stereocenters. The van der Waals surface area contributed by atoms with Gasteiger partial charge in [0.15, 0.2) is 0 Å². The van der Waals surface area contributed by atoms with Crippen LogP contribution in [0.4, 0.5) is 0 Å². The molecule has 0 aromatic heterocycles. The Morgan fingerprint density at radius 2 is 1.36 bits per heavy atom. The molecule has 0 heterocycles. The zero-order valence-electron chi connectivity index (χ0n) is 8.31. The van der Waals surface area contributed by atoms with Crippen molar-refractivity contribution in [3.05, 3.63) is 4.91 Å². The second-order valence-electron chi connectivity index (χ2n) is 2.48. The summed E-state index contributed by atoms with van der Waals surface area (Å²) in [5.74, 6) is 0. The van der Waals surface area contributed by atoms with Gasteiger partial charge in [0, 0.05) is 6.54 Å². The molecule has 0 aromatic rings. The van der Waals surface area contributed by atoms with E-state index in [9.17, 15) is 4.91 Å². The quantitative estimate of drug-likeness (QED) is 0.372. The van der Waals surface area contributed by atoms with Gasteiger partial charge in [0.2, 0.25) is 0 Å². The van der Waals surface area contributed by atoms with E-state index in [0.717, 1.165) is 0 Å². The monoisotopic (exact) mass is 206 g/mol.